The Morgan fingerprint density at radius 2 is 2.39 bits per heavy atom. The van der Waals surface area contributed by atoms with Crippen molar-refractivity contribution < 1.29 is 4.74 Å². The Labute approximate surface area is 141 Å². The zero-order valence-corrected chi connectivity index (χ0v) is 14.5. The topological polar surface area (TPSA) is 54.4 Å². The standard InChI is InChI=1S/C16H23N5OS/c1-3-16-18-13(12-23-16)9-21-7-8-22-14(11-21)10-20(2)15-5-4-6-17-19-15/h4-6,12,14H,3,7-11H2,1-2H3/t14-/m1/s1. The van der Waals surface area contributed by atoms with Crippen molar-refractivity contribution in [1.29, 1.82) is 0 Å². The van der Waals surface area contributed by atoms with Crippen LogP contribution in [0, 0.1) is 0 Å². The second kappa shape index (κ2) is 7.81. The first kappa shape index (κ1) is 16.3. The number of hydrogen-bond donors (Lipinski definition) is 0. The first-order valence-electron chi connectivity index (χ1n) is 8.00. The minimum Gasteiger partial charge on any atom is -0.374 e. The van der Waals surface area contributed by atoms with E-state index in [1.807, 2.05) is 19.2 Å². The van der Waals surface area contributed by atoms with Crippen LogP contribution >= 0.6 is 11.3 Å². The number of rotatable bonds is 6. The molecule has 0 bridgehead atoms. The number of anilines is 1. The summed E-state index contributed by atoms with van der Waals surface area (Å²) in [6.45, 7) is 6.52. The van der Waals surface area contributed by atoms with Crippen LogP contribution in [0.3, 0.4) is 0 Å². The first-order chi connectivity index (χ1) is 11.2. The number of nitrogens with zero attached hydrogens (tertiary/aromatic N) is 5. The molecule has 6 nitrogen and oxygen atoms in total. The average Bonchev–Trinajstić information content (AvgIpc) is 3.03. The normalized spacial score (nSPS) is 19.0. The molecule has 2 aromatic rings. The van der Waals surface area contributed by atoms with Gasteiger partial charge in [0.15, 0.2) is 5.82 Å². The molecule has 3 heterocycles. The average molecular weight is 333 g/mol. The van der Waals surface area contributed by atoms with Crippen molar-refractivity contribution >= 4 is 17.2 Å². The molecule has 0 aromatic carbocycles. The molecule has 2 aromatic heterocycles. The molecule has 0 unspecified atom stereocenters. The van der Waals surface area contributed by atoms with Gasteiger partial charge in [0.1, 0.15) is 0 Å². The number of thiazole rings is 1. The van der Waals surface area contributed by atoms with Gasteiger partial charge in [-0.15, -0.1) is 16.4 Å². The predicted molar refractivity (Wildman–Crippen MR) is 91.8 cm³/mol. The van der Waals surface area contributed by atoms with Crippen molar-refractivity contribution in [2.45, 2.75) is 26.0 Å². The van der Waals surface area contributed by atoms with E-state index in [1.165, 1.54) is 10.7 Å². The van der Waals surface area contributed by atoms with Gasteiger partial charge in [0, 0.05) is 44.8 Å². The molecule has 1 aliphatic heterocycles. The zero-order chi connectivity index (χ0) is 16.1. The fourth-order valence-electron chi connectivity index (χ4n) is 2.74. The minimum absolute atomic E-state index is 0.181. The van der Waals surface area contributed by atoms with Gasteiger partial charge in [0.2, 0.25) is 0 Å². The highest BCUT2D eigenvalue weighted by Gasteiger charge is 2.22. The highest BCUT2D eigenvalue weighted by Crippen LogP contribution is 2.16. The summed E-state index contributed by atoms with van der Waals surface area (Å²) in [6, 6.07) is 3.87. The third-order valence-electron chi connectivity index (χ3n) is 3.94. The Hall–Kier alpha value is -1.57. The largest absolute Gasteiger partial charge is 0.374 e. The van der Waals surface area contributed by atoms with Crippen molar-refractivity contribution in [3.8, 4) is 0 Å². The lowest BCUT2D eigenvalue weighted by molar-refractivity contribution is -0.0268. The molecule has 1 fully saturated rings. The van der Waals surface area contributed by atoms with E-state index in [-0.39, 0.29) is 6.10 Å². The van der Waals surface area contributed by atoms with E-state index in [9.17, 15) is 0 Å². The van der Waals surface area contributed by atoms with Crippen molar-refractivity contribution in [2.24, 2.45) is 0 Å². The molecule has 23 heavy (non-hydrogen) atoms. The third-order valence-corrected chi connectivity index (χ3v) is 4.98. The van der Waals surface area contributed by atoms with Crippen LogP contribution in [-0.4, -0.2) is 59.5 Å². The Morgan fingerprint density at radius 3 is 3.13 bits per heavy atom. The van der Waals surface area contributed by atoms with Crippen LogP contribution in [0.25, 0.3) is 0 Å². The van der Waals surface area contributed by atoms with Gasteiger partial charge in [-0.3, -0.25) is 4.90 Å². The Balaban J connectivity index is 1.53. The van der Waals surface area contributed by atoms with Crippen LogP contribution in [0.2, 0.25) is 0 Å². The number of morpholine rings is 1. The molecule has 7 heteroatoms. The molecule has 0 saturated carbocycles. The van der Waals surface area contributed by atoms with Crippen LogP contribution in [0.15, 0.2) is 23.7 Å². The van der Waals surface area contributed by atoms with Gasteiger partial charge in [-0.2, -0.15) is 5.10 Å². The van der Waals surface area contributed by atoms with Crippen molar-refractivity contribution in [3.05, 3.63) is 34.4 Å². The highest BCUT2D eigenvalue weighted by molar-refractivity contribution is 7.09. The van der Waals surface area contributed by atoms with Gasteiger partial charge in [0.25, 0.3) is 0 Å². The highest BCUT2D eigenvalue weighted by atomic mass is 32.1. The maximum Gasteiger partial charge on any atom is 0.151 e. The number of hydrogen-bond acceptors (Lipinski definition) is 7. The van der Waals surface area contributed by atoms with Crippen molar-refractivity contribution in [1.82, 2.24) is 20.1 Å². The molecule has 0 spiro atoms. The SMILES string of the molecule is CCc1nc(CN2CCO[C@H](CN(C)c3cccnn3)C2)cs1. The van der Waals surface area contributed by atoms with Crippen LogP contribution in [0.4, 0.5) is 5.82 Å². The zero-order valence-electron chi connectivity index (χ0n) is 13.7. The molecular formula is C16H23N5OS. The van der Waals surface area contributed by atoms with Gasteiger partial charge >= 0.3 is 0 Å². The predicted octanol–water partition coefficient (Wildman–Crippen LogP) is 1.83. The summed E-state index contributed by atoms with van der Waals surface area (Å²) in [5, 5.41) is 11.5. The van der Waals surface area contributed by atoms with E-state index in [2.05, 4.69) is 37.3 Å². The van der Waals surface area contributed by atoms with E-state index >= 15 is 0 Å². The number of aryl methyl sites for hydroxylation is 1. The summed E-state index contributed by atoms with van der Waals surface area (Å²) in [4.78, 5) is 9.18. The second-order valence-electron chi connectivity index (χ2n) is 5.78. The van der Waals surface area contributed by atoms with Crippen LogP contribution < -0.4 is 4.90 Å². The Morgan fingerprint density at radius 1 is 1.48 bits per heavy atom. The quantitative estimate of drug-likeness (QED) is 0.804. The smallest absolute Gasteiger partial charge is 0.151 e. The summed E-state index contributed by atoms with van der Waals surface area (Å²) in [7, 11) is 2.03. The maximum absolute atomic E-state index is 5.92. The third kappa shape index (κ3) is 4.46. The lowest BCUT2D eigenvalue weighted by atomic mass is 10.2. The maximum atomic E-state index is 5.92. The summed E-state index contributed by atoms with van der Waals surface area (Å²) in [5.74, 6) is 0.875. The fourth-order valence-corrected chi connectivity index (χ4v) is 3.48. The lowest BCUT2D eigenvalue weighted by Gasteiger charge is -2.34. The number of ether oxygens (including phenoxy) is 1. The molecule has 0 radical (unpaired) electrons. The fraction of sp³-hybridized carbons (Fsp3) is 0.562. The Bertz CT molecular complexity index is 606. The molecule has 3 rings (SSSR count). The summed E-state index contributed by atoms with van der Waals surface area (Å²) in [5.41, 5.74) is 1.18. The van der Waals surface area contributed by atoms with E-state index in [0.29, 0.717) is 0 Å². The summed E-state index contributed by atoms with van der Waals surface area (Å²) < 4.78 is 5.92. The number of likely N-dealkylation sites (N-methyl/N-ethyl adjacent to an activating group) is 1. The minimum atomic E-state index is 0.181. The summed E-state index contributed by atoms with van der Waals surface area (Å²) >= 11 is 1.75. The van der Waals surface area contributed by atoms with Crippen LogP contribution in [0.1, 0.15) is 17.6 Å². The van der Waals surface area contributed by atoms with Gasteiger partial charge in [-0.25, -0.2) is 4.98 Å². The molecular weight excluding hydrogens is 310 g/mol. The monoisotopic (exact) mass is 333 g/mol. The van der Waals surface area contributed by atoms with Crippen LogP contribution in [-0.2, 0) is 17.7 Å². The second-order valence-corrected chi connectivity index (χ2v) is 6.72. The molecule has 124 valence electrons. The molecule has 0 amide bonds. The van der Waals surface area contributed by atoms with Gasteiger partial charge < -0.3 is 9.64 Å². The molecule has 0 aliphatic carbocycles. The molecule has 1 saturated heterocycles. The molecule has 0 N–H and O–H groups in total. The van der Waals surface area contributed by atoms with Crippen molar-refractivity contribution in [3.63, 3.8) is 0 Å². The number of aromatic nitrogens is 3. The lowest BCUT2D eigenvalue weighted by Crippen LogP contribution is -2.46. The van der Waals surface area contributed by atoms with Gasteiger partial charge in [-0.05, 0) is 18.6 Å². The molecule has 1 aliphatic rings. The molecule has 1 atom stereocenters. The van der Waals surface area contributed by atoms with E-state index in [0.717, 1.165) is 45.0 Å². The van der Waals surface area contributed by atoms with E-state index in [4.69, 9.17) is 4.74 Å². The first-order valence-corrected chi connectivity index (χ1v) is 8.88. The summed E-state index contributed by atoms with van der Waals surface area (Å²) in [6.07, 6.45) is 2.88. The van der Waals surface area contributed by atoms with Gasteiger partial charge in [-0.1, -0.05) is 6.92 Å². The van der Waals surface area contributed by atoms with Crippen LogP contribution in [0.5, 0.6) is 0 Å². The van der Waals surface area contributed by atoms with Crippen molar-refractivity contribution in [2.75, 3.05) is 38.2 Å². The van der Waals surface area contributed by atoms with Gasteiger partial charge in [0.05, 0.1) is 23.4 Å². The van der Waals surface area contributed by atoms with E-state index < -0.39 is 0 Å². The Kier molecular flexibility index (Phi) is 5.53. The van der Waals surface area contributed by atoms with E-state index in [1.54, 1.807) is 17.5 Å².